The van der Waals surface area contributed by atoms with Gasteiger partial charge in [0.05, 0.1) is 24.3 Å². The minimum atomic E-state index is 0.0226. The Labute approximate surface area is 181 Å². The van der Waals surface area contributed by atoms with Crippen LogP contribution in [0.5, 0.6) is 0 Å². The summed E-state index contributed by atoms with van der Waals surface area (Å²) in [5, 5.41) is 9.73. The average molecular weight is 441 g/mol. The van der Waals surface area contributed by atoms with Crippen molar-refractivity contribution >= 4 is 33.3 Å². The zero-order valence-electron chi connectivity index (χ0n) is 16.5. The van der Waals surface area contributed by atoms with Gasteiger partial charge in [-0.1, -0.05) is 30.0 Å². The van der Waals surface area contributed by atoms with Gasteiger partial charge < -0.3 is 9.15 Å². The van der Waals surface area contributed by atoms with E-state index >= 15 is 0 Å². The number of methoxy groups -OCH3 is 1. The zero-order chi connectivity index (χ0) is 20.5. The summed E-state index contributed by atoms with van der Waals surface area (Å²) in [6.45, 7) is 0.913. The van der Waals surface area contributed by atoms with E-state index in [2.05, 4.69) is 10.2 Å². The van der Waals surface area contributed by atoms with Gasteiger partial charge in [0.2, 0.25) is 11.8 Å². The molecule has 30 heavy (non-hydrogen) atoms. The predicted molar refractivity (Wildman–Crippen MR) is 117 cm³/mol. The van der Waals surface area contributed by atoms with Crippen LogP contribution in [0, 0.1) is 0 Å². The molecule has 0 saturated carbocycles. The van der Waals surface area contributed by atoms with Gasteiger partial charge in [-0.2, -0.15) is 0 Å². The number of ether oxygens (including phenoxy) is 1. The van der Waals surface area contributed by atoms with E-state index in [0.717, 1.165) is 35.0 Å². The molecular formula is C21H20N4O3S2. The molecule has 0 bridgehead atoms. The lowest BCUT2D eigenvalue weighted by molar-refractivity contribution is 0.183. The summed E-state index contributed by atoms with van der Waals surface area (Å²) in [5.41, 5.74) is 2.10. The van der Waals surface area contributed by atoms with Crippen molar-refractivity contribution in [1.82, 2.24) is 19.7 Å². The molecule has 0 radical (unpaired) electrons. The Morgan fingerprint density at radius 3 is 2.93 bits per heavy atom. The minimum absolute atomic E-state index is 0.0226. The minimum Gasteiger partial charge on any atom is -0.420 e. The second kappa shape index (κ2) is 8.33. The fraction of sp³-hybridized carbons (Fsp3) is 0.333. The number of benzene rings is 1. The van der Waals surface area contributed by atoms with Crippen LogP contribution in [0.4, 0.5) is 0 Å². The molecule has 0 aliphatic heterocycles. The number of aryl methyl sites for hydroxylation is 2. The molecule has 0 atom stereocenters. The molecule has 4 aromatic rings. The molecular weight excluding hydrogens is 420 g/mol. The van der Waals surface area contributed by atoms with Crippen LogP contribution in [0.1, 0.15) is 22.8 Å². The summed E-state index contributed by atoms with van der Waals surface area (Å²) >= 11 is 3.09. The van der Waals surface area contributed by atoms with Crippen molar-refractivity contribution in [3.8, 4) is 11.5 Å². The van der Waals surface area contributed by atoms with Crippen molar-refractivity contribution in [3.63, 3.8) is 0 Å². The van der Waals surface area contributed by atoms with Gasteiger partial charge in [0.25, 0.3) is 5.56 Å². The van der Waals surface area contributed by atoms with Gasteiger partial charge >= 0.3 is 0 Å². The third-order valence-corrected chi connectivity index (χ3v) is 7.27. The standard InChI is InChI=1S/C21H20N4O3S2/c1-27-11-10-25-20(26)17-14-8-5-9-15(14)30-19(17)22-21(25)29-12-16-23-24-18(28-16)13-6-3-2-4-7-13/h2-4,6-7H,5,8-12H2,1H3. The van der Waals surface area contributed by atoms with E-state index in [1.165, 1.54) is 22.2 Å². The maximum atomic E-state index is 13.3. The molecule has 9 heteroatoms. The van der Waals surface area contributed by atoms with Crippen molar-refractivity contribution in [2.24, 2.45) is 0 Å². The lowest BCUT2D eigenvalue weighted by Crippen LogP contribution is -2.25. The van der Waals surface area contributed by atoms with E-state index in [0.29, 0.717) is 35.8 Å². The number of nitrogens with zero attached hydrogens (tertiary/aromatic N) is 4. The van der Waals surface area contributed by atoms with Crippen LogP contribution in [0.2, 0.25) is 0 Å². The molecule has 0 N–H and O–H groups in total. The monoisotopic (exact) mass is 440 g/mol. The maximum Gasteiger partial charge on any atom is 0.263 e. The fourth-order valence-corrected chi connectivity index (χ4v) is 5.85. The van der Waals surface area contributed by atoms with E-state index in [4.69, 9.17) is 14.1 Å². The number of hydrogen-bond acceptors (Lipinski definition) is 8. The van der Waals surface area contributed by atoms with Gasteiger partial charge in [0.15, 0.2) is 5.16 Å². The number of aromatic nitrogens is 4. The topological polar surface area (TPSA) is 83.0 Å². The highest BCUT2D eigenvalue weighted by Gasteiger charge is 2.23. The summed E-state index contributed by atoms with van der Waals surface area (Å²) in [6, 6.07) is 9.66. The summed E-state index contributed by atoms with van der Waals surface area (Å²) in [5.74, 6) is 1.43. The molecule has 5 rings (SSSR count). The van der Waals surface area contributed by atoms with E-state index in [9.17, 15) is 4.79 Å². The third kappa shape index (κ3) is 3.57. The van der Waals surface area contributed by atoms with Crippen molar-refractivity contribution in [1.29, 1.82) is 0 Å². The molecule has 0 spiro atoms. The fourth-order valence-electron chi connectivity index (χ4n) is 3.68. The summed E-state index contributed by atoms with van der Waals surface area (Å²) in [4.78, 5) is 20.3. The van der Waals surface area contributed by atoms with Crippen LogP contribution in [0.25, 0.3) is 21.7 Å². The summed E-state index contributed by atoms with van der Waals surface area (Å²) in [6.07, 6.45) is 3.12. The molecule has 7 nitrogen and oxygen atoms in total. The van der Waals surface area contributed by atoms with Crippen LogP contribution >= 0.6 is 23.1 Å². The van der Waals surface area contributed by atoms with Gasteiger partial charge in [0, 0.05) is 17.6 Å². The van der Waals surface area contributed by atoms with E-state index < -0.39 is 0 Å². The highest BCUT2D eigenvalue weighted by molar-refractivity contribution is 7.98. The quantitative estimate of drug-likeness (QED) is 0.318. The molecule has 154 valence electrons. The Balaban J connectivity index is 1.45. The van der Waals surface area contributed by atoms with Crippen LogP contribution in [0.15, 0.2) is 44.7 Å². The molecule has 3 heterocycles. The Morgan fingerprint density at radius 1 is 1.23 bits per heavy atom. The van der Waals surface area contributed by atoms with Gasteiger partial charge in [-0.05, 0) is 37.0 Å². The molecule has 0 saturated heterocycles. The highest BCUT2D eigenvalue weighted by atomic mass is 32.2. The highest BCUT2D eigenvalue weighted by Crippen LogP contribution is 2.36. The second-order valence-corrected chi connectivity index (χ2v) is 9.06. The molecule has 0 fully saturated rings. The molecule has 1 aliphatic carbocycles. The first-order valence-electron chi connectivity index (χ1n) is 9.79. The zero-order valence-corrected chi connectivity index (χ0v) is 18.1. The lowest BCUT2D eigenvalue weighted by Gasteiger charge is -2.11. The Morgan fingerprint density at radius 2 is 2.10 bits per heavy atom. The Kier molecular flexibility index (Phi) is 5.41. The normalized spacial score (nSPS) is 13.2. The molecule has 3 aromatic heterocycles. The number of rotatable bonds is 7. The van der Waals surface area contributed by atoms with E-state index in [1.807, 2.05) is 30.3 Å². The first-order chi connectivity index (χ1) is 14.7. The van der Waals surface area contributed by atoms with Crippen LogP contribution < -0.4 is 5.56 Å². The molecule has 1 aromatic carbocycles. The largest absolute Gasteiger partial charge is 0.420 e. The van der Waals surface area contributed by atoms with Crippen molar-refractivity contribution < 1.29 is 9.15 Å². The van der Waals surface area contributed by atoms with Gasteiger partial charge in [0.1, 0.15) is 4.83 Å². The van der Waals surface area contributed by atoms with Gasteiger partial charge in [-0.15, -0.1) is 21.5 Å². The SMILES string of the molecule is COCCn1c(SCc2nnc(-c3ccccc3)o2)nc2sc3c(c2c1=O)CCC3. The van der Waals surface area contributed by atoms with Gasteiger partial charge in [-0.3, -0.25) is 9.36 Å². The number of hydrogen-bond donors (Lipinski definition) is 0. The summed E-state index contributed by atoms with van der Waals surface area (Å²) in [7, 11) is 1.63. The first kappa shape index (κ1) is 19.5. The third-order valence-electron chi connectivity index (χ3n) is 5.12. The number of fused-ring (bicyclic) bond motifs is 3. The van der Waals surface area contributed by atoms with Crippen LogP contribution in [0.3, 0.4) is 0 Å². The molecule has 0 unspecified atom stereocenters. The number of thioether (sulfide) groups is 1. The molecule has 1 aliphatic rings. The average Bonchev–Trinajstić information content (AvgIpc) is 3.48. The van der Waals surface area contributed by atoms with Crippen molar-refractivity contribution in [3.05, 3.63) is 57.0 Å². The van der Waals surface area contributed by atoms with Crippen LogP contribution in [-0.2, 0) is 29.9 Å². The lowest BCUT2D eigenvalue weighted by atomic mass is 10.2. The van der Waals surface area contributed by atoms with Crippen molar-refractivity contribution in [2.75, 3.05) is 13.7 Å². The van der Waals surface area contributed by atoms with Gasteiger partial charge in [-0.25, -0.2) is 4.98 Å². The smallest absolute Gasteiger partial charge is 0.263 e. The Bertz CT molecular complexity index is 1250. The van der Waals surface area contributed by atoms with E-state index in [-0.39, 0.29) is 5.56 Å². The Hall–Kier alpha value is -2.49. The van der Waals surface area contributed by atoms with Crippen LogP contribution in [-0.4, -0.2) is 33.5 Å². The summed E-state index contributed by atoms with van der Waals surface area (Å²) < 4.78 is 12.7. The predicted octanol–water partition coefficient (Wildman–Crippen LogP) is 3.94. The first-order valence-corrected chi connectivity index (χ1v) is 11.6. The van der Waals surface area contributed by atoms with E-state index in [1.54, 1.807) is 23.0 Å². The van der Waals surface area contributed by atoms with Crippen molar-refractivity contribution in [2.45, 2.75) is 36.7 Å². The number of thiophene rings is 1. The molecule has 0 amide bonds. The second-order valence-electron chi connectivity index (χ2n) is 7.04. The maximum absolute atomic E-state index is 13.3.